The van der Waals surface area contributed by atoms with Crippen LogP contribution in [0.3, 0.4) is 0 Å². The zero-order valence-electron chi connectivity index (χ0n) is 16.0. The van der Waals surface area contributed by atoms with Crippen LogP contribution in [0.1, 0.15) is 18.5 Å². The molecule has 2 bridgehead atoms. The summed E-state index contributed by atoms with van der Waals surface area (Å²) >= 11 is 1.78. The number of hydrogen-bond donors (Lipinski definition) is 0. The quantitative estimate of drug-likeness (QED) is 0.715. The van der Waals surface area contributed by atoms with Gasteiger partial charge in [-0.05, 0) is 37.4 Å². The van der Waals surface area contributed by atoms with Crippen molar-refractivity contribution >= 4 is 17.7 Å². The number of fused-ring (bicyclic) bond motifs is 3. The second-order valence-electron chi connectivity index (χ2n) is 7.81. The first kappa shape index (κ1) is 18.5. The Morgan fingerprint density at radius 1 is 1.30 bits per heavy atom. The van der Waals surface area contributed by atoms with E-state index in [4.69, 9.17) is 0 Å². The lowest BCUT2D eigenvalue weighted by Crippen LogP contribution is -2.57. The van der Waals surface area contributed by atoms with E-state index in [9.17, 15) is 4.79 Å². The second kappa shape index (κ2) is 8.02. The average Bonchev–Trinajstić information content (AvgIpc) is 3.14. The summed E-state index contributed by atoms with van der Waals surface area (Å²) in [6.07, 6.45) is 4.29. The Bertz CT molecular complexity index is 778. The lowest BCUT2D eigenvalue weighted by atomic mass is 9.75. The molecule has 0 N–H and O–H groups in total. The molecule has 3 fully saturated rings. The molecule has 0 aliphatic carbocycles. The molecule has 3 saturated heterocycles. The van der Waals surface area contributed by atoms with Gasteiger partial charge < -0.3 is 4.90 Å². The average molecular weight is 386 g/mol. The summed E-state index contributed by atoms with van der Waals surface area (Å²) in [6.45, 7) is 2.85. The van der Waals surface area contributed by atoms with Crippen LogP contribution in [0.25, 0.3) is 0 Å². The summed E-state index contributed by atoms with van der Waals surface area (Å²) < 4.78 is 1.98. The zero-order chi connectivity index (χ0) is 18.8. The highest BCUT2D eigenvalue weighted by Crippen LogP contribution is 2.37. The first-order valence-electron chi connectivity index (χ1n) is 9.62. The summed E-state index contributed by atoms with van der Waals surface area (Å²) in [5.74, 6) is 1.79. The van der Waals surface area contributed by atoms with Gasteiger partial charge in [-0.25, -0.2) is 0 Å². The number of hydrogen-bond acceptors (Lipinski definition) is 5. The third-order valence-electron chi connectivity index (χ3n) is 5.75. The molecule has 0 radical (unpaired) electrons. The highest BCUT2D eigenvalue weighted by Gasteiger charge is 2.43. The number of thioether (sulfide) groups is 1. The molecule has 144 valence electrons. The standard InChI is InChI=1S/C20H27N5OS/c1-23(2)20(26)19-13-24-9-8-15(19)10-17(24)12-25-11-16(21-22-25)14-27-18-6-4-3-5-7-18/h3-7,11,15,17,19H,8-10,12-14H2,1-2H3/t15-,17-,19-/m1/s1. The zero-order valence-corrected chi connectivity index (χ0v) is 16.8. The van der Waals surface area contributed by atoms with Gasteiger partial charge in [-0.15, -0.1) is 16.9 Å². The normalized spacial score (nSPS) is 26.9. The van der Waals surface area contributed by atoms with Crippen molar-refractivity contribution in [2.75, 3.05) is 27.2 Å². The molecule has 27 heavy (non-hydrogen) atoms. The molecular formula is C20H27N5OS. The van der Waals surface area contributed by atoms with Crippen LogP contribution in [0.15, 0.2) is 41.4 Å². The number of piperidine rings is 3. The Balaban J connectivity index is 1.33. The molecule has 4 heterocycles. The maximum absolute atomic E-state index is 12.4. The van der Waals surface area contributed by atoms with Crippen molar-refractivity contribution in [3.63, 3.8) is 0 Å². The van der Waals surface area contributed by atoms with Gasteiger partial charge in [0.05, 0.1) is 18.2 Å². The maximum atomic E-state index is 12.4. The van der Waals surface area contributed by atoms with E-state index >= 15 is 0 Å². The van der Waals surface area contributed by atoms with Crippen molar-refractivity contribution in [1.82, 2.24) is 24.8 Å². The first-order chi connectivity index (χ1) is 13.1. The Kier molecular flexibility index (Phi) is 5.50. The van der Waals surface area contributed by atoms with E-state index in [1.54, 1.807) is 16.7 Å². The minimum absolute atomic E-state index is 0.165. The Morgan fingerprint density at radius 3 is 2.81 bits per heavy atom. The Hall–Kier alpha value is -1.86. The van der Waals surface area contributed by atoms with Gasteiger partial charge in [0, 0.05) is 43.5 Å². The molecule has 1 unspecified atom stereocenters. The number of benzene rings is 1. The molecule has 1 amide bonds. The van der Waals surface area contributed by atoms with Crippen molar-refractivity contribution in [1.29, 1.82) is 0 Å². The predicted octanol–water partition coefficient (Wildman–Crippen LogP) is 2.37. The van der Waals surface area contributed by atoms with Crippen LogP contribution in [0, 0.1) is 11.8 Å². The first-order valence-corrected chi connectivity index (χ1v) is 10.6. The lowest BCUT2D eigenvalue weighted by Gasteiger charge is -2.49. The van der Waals surface area contributed by atoms with E-state index < -0.39 is 0 Å². The van der Waals surface area contributed by atoms with E-state index in [-0.39, 0.29) is 11.8 Å². The van der Waals surface area contributed by atoms with Crippen molar-refractivity contribution in [2.45, 2.75) is 36.1 Å². The van der Waals surface area contributed by atoms with Crippen LogP contribution >= 0.6 is 11.8 Å². The Morgan fingerprint density at radius 2 is 2.11 bits per heavy atom. The number of carbonyl (C=O) groups excluding carboxylic acids is 1. The molecule has 1 aromatic carbocycles. The SMILES string of the molecule is CN(C)C(=O)[C@@H]1CN2CC[C@@H]1C[C@@H]2Cn1cc(CSc2ccccc2)nn1. The van der Waals surface area contributed by atoms with E-state index in [1.165, 1.54) is 4.90 Å². The fourth-order valence-corrected chi connectivity index (χ4v) is 5.12. The summed E-state index contributed by atoms with van der Waals surface area (Å²) in [4.78, 5) is 17.9. The van der Waals surface area contributed by atoms with Gasteiger partial charge in [-0.1, -0.05) is 23.4 Å². The van der Waals surface area contributed by atoms with E-state index in [1.807, 2.05) is 24.8 Å². The fraction of sp³-hybridized carbons (Fsp3) is 0.550. The summed E-state index contributed by atoms with van der Waals surface area (Å²) in [6, 6.07) is 10.8. The van der Waals surface area contributed by atoms with E-state index in [0.717, 1.165) is 43.9 Å². The molecule has 2 aromatic rings. The minimum Gasteiger partial charge on any atom is -0.349 e. The van der Waals surface area contributed by atoms with Crippen LogP contribution < -0.4 is 0 Å². The molecule has 3 aliphatic rings. The summed E-state index contributed by atoms with van der Waals surface area (Å²) in [7, 11) is 3.73. The molecule has 3 aliphatic heterocycles. The minimum atomic E-state index is 0.165. The third-order valence-corrected chi connectivity index (χ3v) is 6.80. The molecule has 4 atom stereocenters. The molecule has 0 spiro atoms. The van der Waals surface area contributed by atoms with Gasteiger partial charge >= 0.3 is 0 Å². The highest BCUT2D eigenvalue weighted by atomic mass is 32.2. The Labute approximate surface area is 164 Å². The van der Waals surface area contributed by atoms with Gasteiger partial charge in [0.15, 0.2) is 0 Å². The molecule has 6 nitrogen and oxygen atoms in total. The van der Waals surface area contributed by atoms with Gasteiger partial charge in [-0.3, -0.25) is 14.4 Å². The second-order valence-corrected chi connectivity index (χ2v) is 8.85. The molecule has 5 rings (SSSR count). The maximum Gasteiger partial charge on any atom is 0.226 e. The molecule has 0 saturated carbocycles. The van der Waals surface area contributed by atoms with Crippen molar-refractivity contribution in [2.24, 2.45) is 11.8 Å². The van der Waals surface area contributed by atoms with Crippen LogP contribution in [-0.4, -0.2) is 63.9 Å². The van der Waals surface area contributed by atoms with Crippen LogP contribution in [0.5, 0.6) is 0 Å². The molecule has 1 aromatic heterocycles. The smallest absolute Gasteiger partial charge is 0.226 e. The topological polar surface area (TPSA) is 54.3 Å². The van der Waals surface area contributed by atoms with Gasteiger partial charge in [-0.2, -0.15) is 0 Å². The number of carbonyl (C=O) groups is 1. The van der Waals surface area contributed by atoms with E-state index in [0.29, 0.717) is 12.0 Å². The van der Waals surface area contributed by atoms with Crippen molar-refractivity contribution < 1.29 is 4.79 Å². The van der Waals surface area contributed by atoms with Gasteiger partial charge in [0.25, 0.3) is 0 Å². The number of aromatic nitrogens is 3. The van der Waals surface area contributed by atoms with Crippen LogP contribution in [-0.2, 0) is 17.1 Å². The largest absolute Gasteiger partial charge is 0.349 e. The number of rotatable bonds is 6. The summed E-state index contributed by atoms with van der Waals surface area (Å²) in [5.41, 5.74) is 1.01. The molecular weight excluding hydrogens is 358 g/mol. The van der Waals surface area contributed by atoms with Crippen LogP contribution in [0.2, 0.25) is 0 Å². The highest BCUT2D eigenvalue weighted by molar-refractivity contribution is 7.98. The van der Waals surface area contributed by atoms with Gasteiger partial charge in [0.1, 0.15) is 0 Å². The summed E-state index contributed by atoms with van der Waals surface area (Å²) in [5, 5.41) is 8.68. The lowest BCUT2D eigenvalue weighted by molar-refractivity contribution is -0.141. The van der Waals surface area contributed by atoms with Crippen molar-refractivity contribution in [3.8, 4) is 0 Å². The van der Waals surface area contributed by atoms with Crippen LogP contribution in [0.4, 0.5) is 0 Å². The van der Waals surface area contributed by atoms with Crippen molar-refractivity contribution in [3.05, 3.63) is 42.2 Å². The predicted molar refractivity (Wildman–Crippen MR) is 106 cm³/mol. The molecule has 7 heteroatoms. The number of nitrogens with zero attached hydrogens (tertiary/aromatic N) is 5. The number of amides is 1. The fourth-order valence-electron chi connectivity index (χ4n) is 4.32. The van der Waals surface area contributed by atoms with E-state index in [2.05, 4.69) is 45.7 Å². The third kappa shape index (κ3) is 4.19. The monoisotopic (exact) mass is 385 g/mol. The van der Waals surface area contributed by atoms with Gasteiger partial charge in [0.2, 0.25) is 5.91 Å².